The van der Waals surface area contributed by atoms with Gasteiger partial charge >= 0.3 is 0 Å². The maximum Gasteiger partial charge on any atom is 0.151 e. The van der Waals surface area contributed by atoms with Gasteiger partial charge in [0, 0.05) is 30.9 Å². The van der Waals surface area contributed by atoms with Crippen molar-refractivity contribution in [3.05, 3.63) is 23.4 Å². The smallest absolute Gasteiger partial charge is 0.151 e. The summed E-state index contributed by atoms with van der Waals surface area (Å²) in [4.78, 5) is 19.5. The third-order valence-electron chi connectivity index (χ3n) is 2.79. The fourth-order valence-corrected chi connectivity index (χ4v) is 2.09. The Morgan fingerprint density at radius 2 is 2.53 bits per heavy atom. The lowest BCUT2D eigenvalue weighted by Crippen LogP contribution is -2.27. The Labute approximate surface area is 104 Å². The first-order valence-corrected chi connectivity index (χ1v) is 5.62. The predicted molar refractivity (Wildman–Crippen MR) is 63.9 cm³/mol. The van der Waals surface area contributed by atoms with Gasteiger partial charge in [0.25, 0.3) is 0 Å². The van der Waals surface area contributed by atoms with Crippen molar-refractivity contribution in [1.29, 1.82) is 5.26 Å². The Morgan fingerprint density at radius 1 is 1.71 bits per heavy atom. The quantitative estimate of drug-likeness (QED) is 0.642. The van der Waals surface area contributed by atoms with E-state index in [4.69, 9.17) is 17.0 Å². The summed E-state index contributed by atoms with van der Waals surface area (Å²) in [6.07, 6.45) is 3.07. The van der Waals surface area contributed by atoms with Crippen LogP contribution in [0.3, 0.4) is 0 Å². The van der Waals surface area contributed by atoms with Crippen LogP contribution in [0.4, 0.5) is 5.82 Å². The Bertz CT molecular complexity index is 471. The maximum absolute atomic E-state index is 10.6. The van der Waals surface area contributed by atoms with E-state index in [0.717, 1.165) is 13.0 Å². The molecule has 2 rings (SSSR count). The zero-order valence-electron chi connectivity index (χ0n) is 9.06. The molecule has 2 heterocycles. The first-order valence-electron chi connectivity index (χ1n) is 5.25. The van der Waals surface area contributed by atoms with Crippen molar-refractivity contribution in [2.45, 2.75) is 12.5 Å². The number of rotatable bonds is 3. The van der Waals surface area contributed by atoms with E-state index in [9.17, 15) is 4.79 Å². The highest BCUT2D eigenvalue weighted by Gasteiger charge is 2.24. The van der Waals surface area contributed by atoms with Crippen LogP contribution < -0.4 is 9.74 Å². The molecule has 1 unspecified atom stereocenters. The summed E-state index contributed by atoms with van der Waals surface area (Å²) in [6, 6.07) is 3.82. The van der Waals surface area contributed by atoms with Crippen LogP contribution in [-0.2, 0) is 0 Å². The minimum Gasteiger partial charge on any atom is -0.354 e. The van der Waals surface area contributed by atoms with Crippen molar-refractivity contribution >= 4 is 23.9 Å². The molecule has 1 aliphatic heterocycles. The minimum absolute atomic E-state index is 0.204. The third-order valence-corrected chi connectivity index (χ3v) is 3.10. The van der Waals surface area contributed by atoms with Gasteiger partial charge in [-0.15, -0.1) is 0 Å². The molecule has 1 aliphatic rings. The van der Waals surface area contributed by atoms with Crippen molar-refractivity contribution < 1.29 is 4.79 Å². The molecule has 0 spiro atoms. The summed E-state index contributed by atoms with van der Waals surface area (Å²) in [5.41, 5.74) is 0.835. The lowest BCUT2D eigenvalue weighted by molar-refractivity contribution is 0.112. The normalized spacial score (nSPS) is 19.1. The molecule has 1 N–H and O–H groups in total. The van der Waals surface area contributed by atoms with Gasteiger partial charge in [0.1, 0.15) is 11.9 Å². The molecule has 6 heteroatoms. The summed E-state index contributed by atoms with van der Waals surface area (Å²) >= 11 is 5.57. The van der Waals surface area contributed by atoms with E-state index in [1.807, 2.05) is 4.90 Å². The van der Waals surface area contributed by atoms with E-state index in [1.54, 1.807) is 6.07 Å². The fourth-order valence-electron chi connectivity index (χ4n) is 1.91. The molecule has 0 radical (unpaired) electrons. The van der Waals surface area contributed by atoms with Crippen LogP contribution >= 0.6 is 11.8 Å². The molecule has 0 amide bonds. The molecule has 17 heavy (non-hydrogen) atoms. The Hall–Kier alpha value is -1.64. The SMILES string of the molecule is N#Cc1cc(C=O)cnc1N1CCC(NCl)C1. The van der Waals surface area contributed by atoms with Gasteiger partial charge in [0.05, 0.1) is 5.56 Å². The second-order valence-corrected chi connectivity index (χ2v) is 4.13. The zero-order valence-corrected chi connectivity index (χ0v) is 9.81. The van der Waals surface area contributed by atoms with Gasteiger partial charge in [-0.25, -0.2) is 9.82 Å². The Morgan fingerprint density at radius 3 is 3.12 bits per heavy atom. The zero-order chi connectivity index (χ0) is 12.3. The van der Waals surface area contributed by atoms with Crippen molar-refractivity contribution in [3.8, 4) is 6.07 Å². The predicted octanol–water partition coefficient (Wildman–Crippen LogP) is 1.09. The molecule has 0 aliphatic carbocycles. The summed E-state index contributed by atoms with van der Waals surface area (Å²) in [6.45, 7) is 1.51. The third kappa shape index (κ3) is 2.38. The first kappa shape index (κ1) is 11.8. The van der Waals surface area contributed by atoms with E-state index in [1.165, 1.54) is 6.20 Å². The van der Waals surface area contributed by atoms with Crippen molar-refractivity contribution in [2.24, 2.45) is 0 Å². The lowest BCUT2D eigenvalue weighted by atomic mass is 10.2. The van der Waals surface area contributed by atoms with Gasteiger partial charge in [-0.3, -0.25) is 4.79 Å². The molecule has 0 saturated carbocycles. The van der Waals surface area contributed by atoms with Crippen molar-refractivity contribution in [3.63, 3.8) is 0 Å². The van der Waals surface area contributed by atoms with E-state index < -0.39 is 0 Å². The maximum atomic E-state index is 10.6. The van der Waals surface area contributed by atoms with Crippen LogP contribution in [0.15, 0.2) is 12.3 Å². The van der Waals surface area contributed by atoms with Gasteiger partial charge in [0.15, 0.2) is 6.29 Å². The molecule has 0 bridgehead atoms. The van der Waals surface area contributed by atoms with Gasteiger partial charge in [0.2, 0.25) is 0 Å². The number of carbonyl (C=O) groups excluding carboxylic acids is 1. The van der Waals surface area contributed by atoms with Crippen LogP contribution in [0.25, 0.3) is 0 Å². The molecule has 1 aromatic rings. The topological polar surface area (TPSA) is 69.0 Å². The van der Waals surface area contributed by atoms with Gasteiger partial charge < -0.3 is 4.90 Å². The number of nitriles is 1. The number of hydrogen-bond acceptors (Lipinski definition) is 5. The molecule has 1 fully saturated rings. The Kier molecular flexibility index (Phi) is 3.57. The average molecular weight is 251 g/mol. The van der Waals surface area contributed by atoms with E-state index >= 15 is 0 Å². The summed E-state index contributed by atoms with van der Waals surface area (Å²) in [7, 11) is 0. The second kappa shape index (κ2) is 5.13. The van der Waals surface area contributed by atoms with Gasteiger partial charge in [-0.05, 0) is 24.3 Å². The number of pyridine rings is 1. The lowest BCUT2D eigenvalue weighted by Gasteiger charge is -2.18. The Balaban J connectivity index is 2.27. The molecule has 88 valence electrons. The molecule has 1 saturated heterocycles. The van der Waals surface area contributed by atoms with E-state index in [0.29, 0.717) is 29.8 Å². The average Bonchev–Trinajstić information content (AvgIpc) is 2.86. The minimum atomic E-state index is 0.204. The standard InChI is InChI=1S/C11H11ClN4O/c12-15-10-1-2-16(6-10)11-9(4-13)3-8(7-17)5-14-11/h3,5,7,10,15H,1-2,6H2. The highest BCUT2D eigenvalue weighted by Crippen LogP contribution is 2.22. The van der Waals surface area contributed by atoms with Crippen molar-refractivity contribution in [2.75, 3.05) is 18.0 Å². The number of aldehydes is 1. The highest BCUT2D eigenvalue weighted by atomic mass is 35.5. The van der Waals surface area contributed by atoms with E-state index in [-0.39, 0.29) is 6.04 Å². The molecule has 1 atom stereocenters. The van der Waals surface area contributed by atoms with Gasteiger partial charge in [-0.1, -0.05) is 0 Å². The van der Waals surface area contributed by atoms with Crippen LogP contribution in [-0.4, -0.2) is 30.4 Å². The largest absolute Gasteiger partial charge is 0.354 e. The number of nitrogens with one attached hydrogen (secondary N) is 1. The number of carbonyl (C=O) groups is 1. The number of hydrogen-bond donors (Lipinski definition) is 1. The summed E-state index contributed by atoms with van der Waals surface area (Å²) < 4.78 is 0. The van der Waals surface area contributed by atoms with Crippen molar-refractivity contribution in [1.82, 2.24) is 9.82 Å². The van der Waals surface area contributed by atoms with Crippen LogP contribution in [0.1, 0.15) is 22.3 Å². The molecule has 1 aromatic heterocycles. The first-order chi connectivity index (χ1) is 8.28. The summed E-state index contributed by atoms with van der Waals surface area (Å²) in [5, 5.41) is 9.05. The monoisotopic (exact) mass is 250 g/mol. The molecule has 5 nitrogen and oxygen atoms in total. The number of nitrogens with zero attached hydrogens (tertiary/aromatic N) is 3. The highest BCUT2D eigenvalue weighted by molar-refractivity contribution is 6.13. The summed E-state index contributed by atoms with van der Waals surface area (Å²) in [5.74, 6) is 0.618. The van der Waals surface area contributed by atoms with Crippen LogP contribution in [0, 0.1) is 11.3 Å². The van der Waals surface area contributed by atoms with E-state index in [2.05, 4.69) is 15.9 Å². The van der Waals surface area contributed by atoms with Crippen LogP contribution in [0.2, 0.25) is 0 Å². The second-order valence-electron chi connectivity index (χ2n) is 3.91. The number of halogens is 1. The number of aromatic nitrogens is 1. The number of anilines is 1. The molecule has 0 aromatic carbocycles. The van der Waals surface area contributed by atoms with Gasteiger partial charge in [-0.2, -0.15) is 5.26 Å². The molecular weight excluding hydrogens is 240 g/mol. The van der Waals surface area contributed by atoms with Crippen LogP contribution in [0.5, 0.6) is 0 Å². The molecular formula is C11H11ClN4O. The fraction of sp³-hybridized carbons (Fsp3) is 0.364.